The molecule has 46 heavy (non-hydrogen) atoms. The second-order valence-electron chi connectivity index (χ2n) is 11.9. The molecular formula is C34H31N7O4S. The number of carbonyl (C=O) groups is 3. The van der Waals surface area contributed by atoms with E-state index in [1.165, 1.54) is 11.3 Å². The van der Waals surface area contributed by atoms with Crippen molar-refractivity contribution in [3.8, 4) is 17.6 Å². The summed E-state index contributed by atoms with van der Waals surface area (Å²) in [5.74, 6) is 0.634. The smallest absolute Gasteiger partial charge is 0.331 e. The van der Waals surface area contributed by atoms with Gasteiger partial charge in [0.25, 0.3) is 11.8 Å². The van der Waals surface area contributed by atoms with Crippen LogP contribution < -0.4 is 26.0 Å². The maximum atomic E-state index is 13.7. The highest BCUT2D eigenvalue weighted by molar-refractivity contribution is 7.21. The lowest BCUT2D eigenvalue weighted by Crippen LogP contribution is -2.50. The topological polar surface area (TPSA) is 154 Å². The van der Waals surface area contributed by atoms with Crippen LogP contribution in [0.3, 0.4) is 0 Å². The van der Waals surface area contributed by atoms with Crippen molar-refractivity contribution < 1.29 is 19.1 Å². The Morgan fingerprint density at radius 2 is 1.98 bits per heavy atom. The number of anilines is 3. The summed E-state index contributed by atoms with van der Waals surface area (Å²) in [4.78, 5) is 49.1. The van der Waals surface area contributed by atoms with E-state index in [2.05, 4.69) is 15.6 Å². The van der Waals surface area contributed by atoms with Crippen molar-refractivity contribution in [2.45, 2.75) is 44.2 Å². The van der Waals surface area contributed by atoms with E-state index >= 15 is 0 Å². The molecule has 0 spiro atoms. The van der Waals surface area contributed by atoms with E-state index in [-0.39, 0.29) is 30.0 Å². The maximum absolute atomic E-state index is 13.7. The van der Waals surface area contributed by atoms with Gasteiger partial charge in [0.1, 0.15) is 32.8 Å². The minimum absolute atomic E-state index is 0.0420. The summed E-state index contributed by atoms with van der Waals surface area (Å²) in [6, 6.07) is 18.1. The van der Waals surface area contributed by atoms with E-state index in [1.54, 1.807) is 28.1 Å². The van der Waals surface area contributed by atoms with Crippen molar-refractivity contribution in [3.63, 3.8) is 0 Å². The molecule has 2 aromatic carbocycles. The molecule has 1 unspecified atom stereocenters. The van der Waals surface area contributed by atoms with Gasteiger partial charge in [0, 0.05) is 30.9 Å². The molecule has 4 N–H and O–H groups in total. The van der Waals surface area contributed by atoms with Crippen molar-refractivity contribution in [1.29, 1.82) is 5.26 Å². The number of hydrogen-bond donors (Lipinski definition) is 3. The molecule has 4 heterocycles. The van der Waals surface area contributed by atoms with Crippen LogP contribution >= 0.6 is 11.3 Å². The number of amides is 4. The summed E-state index contributed by atoms with van der Waals surface area (Å²) in [7, 11) is 0. The van der Waals surface area contributed by atoms with Gasteiger partial charge in [-0.25, -0.2) is 9.78 Å². The van der Waals surface area contributed by atoms with Gasteiger partial charge in [0.15, 0.2) is 0 Å². The van der Waals surface area contributed by atoms with Gasteiger partial charge in [-0.2, -0.15) is 5.26 Å². The Labute approximate surface area is 269 Å². The molecule has 11 nitrogen and oxygen atoms in total. The van der Waals surface area contributed by atoms with E-state index in [0.29, 0.717) is 63.0 Å². The molecule has 0 radical (unpaired) electrons. The molecule has 1 atom stereocenters. The molecule has 1 saturated heterocycles. The number of pyridine rings is 1. The summed E-state index contributed by atoms with van der Waals surface area (Å²) in [5, 5.41) is 16.3. The van der Waals surface area contributed by atoms with Gasteiger partial charge in [-0.1, -0.05) is 18.2 Å². The predicted molar refractivity (Wildman–Crippen MR) is 175 cm³/mol. The average Bonchev–Trinajstić information content (AvgIpc) is 3.67. The van der Waals surface area contributed by atoms with E-state index in [0.717, 1.165) is 18.4 Å². The molecule has 2 aliphatic heterocycles. The highest BCUT2D eigenvalue weighted by Crippen LogP contribution is 2.46. The quantitative estimate of drug-likeness (QED) is 0.173. The second kappa shape index (κ2) is 11.6. The number of nitriles is 1. The predicted octanol–water partition coefficient (Wildman–Crippen LogP) is 5.74. The van der Waals surface area contributed by atoms with Gasteiger partial charge in [-0.3, -0.25) is 14.5 Å². The zero-order valence-corrected chi connectivity index (χ0v) is 25.9. The first-order valence-electron chi connectivity index (χ1n) is 15.1. The van der Waals surface area contributed by atoms with Crippen LogP contribution in [0, 0.1) is 18.3 Å². The van der Waals surface area contributed by atoms with E-state index < -0.39 is 11.6 Å². The first-order valence-corrected chi connectivity index (χ1v) is 15.9. The van der Waals surface area contributed by atoms with Gasteiger partial charge in [0.2, 0.25) is 0 Å². The Hall–Kier alpha value is -5.25. The minimum Gasteiger partial charge on any atom is -0.457 e. The molecule has 4 aromatic rings. The monoisotopic (exact) mass is 633 g/mol. The Morgan fingerprint density at radius 1 is 1.17 bits per heavy atom. The van der Waals surface area contributed by atoms with Gasteiger partial charge in [-0.05, 0) is 80.6 Å². The third kappa shape index (κ3) is 5.55. The largest absolute Gasteiger partial charge is 0.457 e. The minimum atomic E-state index is -0.571. The van der Waals surface area contributed by atoms with Crippen molar-refractivity contribution in [2.24, 2.45) is 5.73 Å². The number of likely N-dealkylation sites (tertiary alicyclic amines) is 1. The van der Waals surface area contributed by atoms with E-state index in [1.807, 2.05) is 61.5 Å². The summed E-state index contributed by atoms with van der Waals surface area (Å²) >= 11 is 1.20. The normalized spacial score (nSPS) is 18.5. The third-order valence-electron chi connectivity index (χ3n) is 8.49. The fourth-order valence-electron chi connectivity index (χ4n) is 5.97. The van der Waals surface area contributed by atoms with Gasteiger partial charge in [0.05, 0.1) is 22.4 Å². The molecule has 1 aliphatic carbocycles. The van der Waals surface area contributed by atoms with Crippen molar-refractivity contribution in [3.05, 3.63) is 82.9 Å². The van der Waals surface area contributed by atoms with Crippen LogP contribution in [0.5, 0.6) is 11.5 Å². The SMILES string of the molecule is Cc1cc(Oc2ccccc2)ccc1N1C(=O)Nc2c(C(=O)NC3CCCN(C(=O)C(C#N)=CC4(N)CC4)C3)sc3nccc1c23. The highest BCUT2D eigenvalue weighted by atomic mass is 32.1. The Morgan fingerprint density at radius 3 is 2.72 bits per heavy atom. The number of ether oxygens (including phenoxy) is 1. The average molecular weight is 634 g/mol. The van der Waals surface area contributed by atoms with E-state index in [9.17, 15) is 19.6 Å². The number of piperidine rings is 1. The Bertz CT molecular complexity index is 1960. The fraction of sp³-hybridized carbons (Fsp3) is 0.265. The van der Waals surface area contributed by atoms with Gasteiger partial charge >= 0.3 is 6.03 Å². The standard InChI is InChI=1S/C34H31N7O4S/c1-20-16-24(45-23-7-3-2-4-8-23)9-10-25(20)41-26-11-14-37-31-27(26)28(39-33(41)44)29(46-31)30(42)38-22-6-5-15-40(19-22)32(43)21(18-35)17-34(36)12-13-34/h2-4,7-11,14,16-17,22H,5-6,12-13,15,19,36H2,1H3,(H,38,42)(H,39,44). The third-order valence-corrected chi connectivity index (χ3v) is 9.59. The lowest BCUT2D eigenvalue weighted by molar-refractivity contribution is -0.128. The number of para-hydroxylation sites is 1. The van der Waals surface area contributed by atoms with E-state index in [4.69, 9.17) is 10.5 Å². The molecule has 12 heteroatoms. The molecule has 0 bridgehead atoms. The number of thiophene rings is 1. The molecule has 1 saturated carbocycles. The number of aryl methyl sites for hydroxylation is 1. The summed E-state index contributed by atoms with van der Waals surface area (Å²) in [5.41, 5.74) is 8.13. The van der Waals surface area contributed by atoms with Crippen LogP contribution in [0.25, 0.3) is 10.2 Å². The van der Waals surface area contributed by atoms with Crippen LogP contribution in [0.1, 0.15) is 40.9 Å². The zero-order chi connectivity index (χ0) is 32.0. The summed E-state index contributed by atoms with van der Waals surface area (Å²) in [6.45, 7) is 2.68. The van der Waals surface area contributed by atoms with Crippen LogP contribution in [-0.4, -0.2) is 52.4 Å². The lowest BCUT2D eigenvalue weighted by atomic mass is 10.0. The number of nitrogens with two attached hydrogens (primary N) is 1. The maximum Gasteiger partial charge on any atom is 0.331 e. The number of nitrogens with one attached hydrogen (secondary N) is 2. The van der Waals surface area contributed by atoms with Gasteiger partial charge < -0.3 is 26.0 Å². The first kappa shape index (κ1) is 29.5. The molecule has 7 rings (SSSR count). The Kier molecular flexibility index (Phi) is 7.43. The molecule has 3 aliphatic rings. The van der Waals surface area contributed by atoms with Crippen molar-refractivity contribution in [1.82, 2.24) is 15.2 Å². The number of rotatable bonds is 7. The van der Waals surface area contributed by atoms with Crippen molar-refractivity contribution >= 4 is 56.5 Å². The van der Waals surface area contributed by atoms with Crippen LogP contribution in [0.4, 0.5) is 21.9 Å². The van der Waals surface area contributed by atoms with Crippen molar-refractivity contribution in [2.75, 3.05) is 23.3 Å². The lowest BCUT2D eigenvalue weighted by Gasteiger charge is -2.33. The molecule has 4 amide bonds. The first-order chi connectivity index (χ1) is 22.2. The fourth-order valence-corrected chi connectivity index (χ4v) is 6.99. The highest BCUT2D eigenvalue weighted by Gasteiger charge is 2.38. The number of nitrogens with zero attached hydrogens (tertiary/aromatic N) is 4. The van der Waals surface area contributed by atoms with Crippen LogP contribution in [0.15, 0.2) is 72.4 Å². The summed E-state index contributed by atoms with van der Waals surface area (Å²) < 4.78 is 5.98. The number of urea groups is 1. The molecular weight excluding hydrogens is 602 g/mol. The number of benzene rings is 2. The molecule has 232 valence electrons. The number of carbonyl (C=O) groups excluding carboxylic acids is 3. The second-order valence-corrected chi connectivity index (χ2v) is 12.9. The van der Waals surface area contributed by atoms with Crippen LogP contribution in [-0.2, 0) is 4.79 Å². The number of hydrogen-bond acceptors (Lipinski definition) is 8. The number of aromatic nitrogens is 1. The molecule has 2 fully saturated rings. The zero-order valence-electron chi connectivity index (χ0n) is 25.1. The van der Waals surface area contributed by atoms with Crippen LogP contribution in [0.2, 0.25) is 0 Å². The Balaban J connectivity index is 1.12. The summed E-state index contributed by atoms with van der Waals surface area (Å²) in [6.07, 6.45) is 6.06. The van der Waals surface area contributed by atoms with Gasteiger partial charge in [-0.15, -0.1) is 11.3 Å². The molecule has 2 aromatic heterocycles.